The predicted octanol–water partition coefficient (Wildman–Crippen LogP) is 0.911. The Balaban J connectivity index is 2.38. The number of hydrogen-bond donors (Lipinski definition) is 1. The maximum atomic E-state index is 12.8. The van der Waals surface area contributed by atoms with Gasteiger partial charge in [0.25, 0.3) is 0 Å². The fraction of sp³-hybridized carbons (Fsp3) is 0.769. The Morgan fingerprint density at radius 3 is 2.55 bits per heavy atom. The molecule has 1 fully saturated rings. The molecule has 1 aromatic rings. The van der Waals surface area contributed by atoms with Crippen LogP contribution in [0.25, 0.3) is 0 Å². The molecular weight excluding hydrogens is 278 g/mol. The molecule has 20 heavy (non-hydrogen) atoms. The first-order chi connectivity index (χ1) is 9.30. The summed E-state index contributed by atoms with van der Waals surface area (Å²) >= 11 is 0. The lowest BCUT2D eigenvalue weighted by Crippen LogP contribution is -2.36. The van der Waals surface area contributed by atoms with Gasteiger partial charge in [-0.25, -0.2) is 8.42 Å². The highest BCUT2D eigenvalue weighted by Gasteiger charge is 2.38. The Morgan fingerprint density at radius 1 is 1.45 bits per heavy atom. The molecule has 1 atom stereocenters. The molecule has 0 aliphatic heterocycles. The summed E-state index contributed by atoms with van der Waals surface area (Å²) in [6, 6.07) is 0.0139. The van der Waals surface area contributed by atoms with Crippen LogP contribution in [0.15, 0.2) is 4.90 Å². The number of sulfonamides is 1. The second-order valence-corrected chi connectivity index (χ2v) is 7.48. The van der Waals surface area contributed by atoms with Crippen LogP contribution in [0.3, 0.4) is 0 Å². The fourth-order valence-corrected chi connectivity index (χ4v) is 4.40. The van der Waals surface area contributed by atoms with Crippen molar-refractivity contribution < 1.29 is 13.5 Å². The minimum Gasteiger partial charge on any atom is -0.394 e. The van der Waals surface area contributed by atoms with E-state index in [1.807, 2.05) is 6.92 Å². The molecule has 6 nitrogen and oxygen atoms in total. The third kappa shape index (κ3) is 2.62. The molecule has 1 saturated carbocycles. The molecule has 1 heterocycles. The average Bonchev–Trinajstić information content (AvgIpc) is 3.16. The molecule has 0 spiro atoms. The van der Waals surface area contributed by atoms with Gasteiger partial charge < -0.3 is 5.11 Å². The Morgan fingerprint density at radius 2 is 2.05 bits per heavy atom. The zero-order valence-corrected chi connectivity index (χ0v) is 13.3. The largest absolute Gasteiger partial charge is 0.394 e. The van der Waals surface area contributed by atoms with Crippen LogP contribution in [0.1, 0.15) is 31.2 Å². The average molecular weight is 301 g/mol. The zero-order valence-electron chi connectivity index (χ0n) is 12.5. The predicted molar refractivity (Wildman–Crippen MR) is 75.9 cm³/mol. The van der Waals surface area contributed by atoms with Crippen molar-refractivity contribution in [3.8, 4) is 0 Å². The van der Waals surface area contributed by atoms with Crippen LogP contribution in [-0.2, 0) is 16.6 Å². The number of hydrogen-bond acceptors (Lipinski definition) is 4. The van der Waals surface area contributed by atoms with Crippen molar-refractivity contribution in [1.82, 2.24) is 14.1 Å². The van der Waals surface area contributed by atoms with Crippen molar-refractivity contribution >= 4 is 10.0 Å². The minimum atomic E-state index is -3.53. The topological polar surface area (TPSA) is 75.4 Å². The van der Waals surface area contributed by atoms with Gasteiger partial charge in [-0.05, 0) is 39.5 Å². The number of rotatable bonds is 6. The van der Waals surface area contributed by atoms with Crippen LogP contribution < -0.4 is 0 Å². The van der Waals surface area contributed by atoms with Crippen LogP contribution in [0.5, 0.6) is 0 Å². The van der Waals surface area contributed by atoms with Gasteiger partial charge in [-0.1, -0.05) is 0 Å². The van der Waals surface area contributed by atoms with Crippen molar-refractivity contribution in [2.45, 2.75) is 51.1 Å². The van der Waals surface area contributed by atoms with E-state index in [1.54, 1.807) is 25.6 Å². The van der Waals surface area contributed by atoms with Gasteiger partial charge in [0.05, 0.1) is 24.5 Å². The van der Waals surface area contributed by atoms with Crippen molar-refractivity contribution in [2.24, 2.45) is 5.92 Å². The molecule has 0 amide bonds. The van der Waals surface area contributed by atoms with Crippen LogP contribution in [0.2, 0.25) is 0 Å². The molecule has 0 aromatic carbocycles. The summed E-state index contributed by atoms with van der Waals surface area (Å²) < 4.78 is 28.6. The molecule has 7 heteroatoms. The molecule has 1 N–H and O–H groups in total. The molecule has 0 bridgehead atoms. The summed E-state index contributed by atoms with van der Waals surface area (Å²) in [5.41, 5.74) is 1.08. The Bertz CT molecular complexity index is 590. The van der Waals surface area contributed by atoms with Gasteiger partial charge in [-0.3, -0.25) is 4.68 Å². The minimum absolute atomic E-state index is 0.0139. The van der Waals surface area contributed by atoms with E-state index >= 15 is 0 Å². The molecule has 1 aliphatic carbocycles. The quantitative estimate of drug-likeness (QED) is 0.847. The van der Waals surface area contributed by atoms with Gasteiger partial charge in [0.1, 0.15) is 4.90 Å². The van der Waals surface area contributed by atoms with E-state index in [0.29, 0.717) is 23.9 Å². The number of aliphatic hydroxyl groups is 1. The van der Waals surface area contributed by atoms with Gasteiger partial charge in [-0.15, -0.1) is 0 Å². The number of nitrogens with zero attached hydrogens (tertiary/aromatic N) is 3. The summed E-state index contributed by atoms with van der Waals surface area (Å²) in [6.07, 6.45) is 2.20. The monoisotopic (exact) mass is 301 g/mol. The number of aliphatic hydroxyl groups excluding tert-OH is 1. The van der Waals surface area contributed by atoms with E-state index in [2.05, 4.69) is 5.10 Å². The normalized spacial score (nSPS) is 17.7. The Hall–Kier alpha value is -0.920. The Labute approximate surface area is 120 Å². The van der Waals surface area contributed by atoms with Gasteiger partial charge >= 0.3 is 0 Å². The molecule has 114 valence electrons. The number of aryl methyl sites for hydroxylation is 1. The summed E-state index contributed by atoms with van der Waals surface area (Å²) in [7, 11) is -1.89. The summed E-state index contributed by atoms with van der Waals surface area (Å²) in [6.45, 7) is 5.64. The van der Waals surface area contributed by atoms with Crippen molar-refractivity contribution in [3.63, 3.8) is 0 Å². The maximum absolute atomic E-state index is 12.8. The van der Waals surface area contributed by atoms with Gasteiger partial charge in [0.2, 0.25) is 10.0 Å². The van der Waals surface area contributed by atoms with E-state index in [0.717, 1.165) is 12.8 Å². The highest BCUT2D eigenvalue weighted by molar-refractivity contribution is 7.89. The summed E-state index contributed by atoms with van der Waals surface area (Å²) in [5, 5.41) is 13.2. The molecular formula is C13H23N3O3S. The Kier molecular flexibility index (Phi) is 4.22. The highest BCUT2D eigenvalue weighted by atomic mass is 32.2. The van der Waals surface area contributed by atoms with Gasteiger partial charge in [0.15, 0.2) is 0 Å². The lowest BCUT2D eigenvalue weighted by molar-refractivity contribution is 0.267. The lowest BCUT2D eigenvalue weighted by atomic mass is 10.2. The van der Waals surface area contributed by atoms with Crippen molar-refractivity contribution in [1.29, 1.82) is 0 Å². The van der Waals surface area contributed by atoms with Crippen molar-refractivity contribution in [3.05, 3.63) is 11.4 Å². The summed E-state index contributed by atoms with van der Waals surface area (Å²) in [5.74, 6) is 0.475. The summed E-state index contributed by atoms with van der Waals surface area (Å²) in [4.78, 5) is 0.279. The first kappa shape index (κ1) is 15.5. The third-order valence-corrected chi connectivity index (χ3v) is 6.34. The molecule has 0 saturated heterocycles. The highest BCUT2D eigenvalue weighted by Crippen LogP contribution is 2.37. The molecule has 2 rings (SSSR count). The first-order valence-corrected chi connectivity index (χ1v) is 8.37. The molecule has 1 unspecified atom stereocenters. The second kappa shape index (κ2) is 5.46. The van der Waals surface area contributed by atoms with E-state index in [4.69, 9.17) is 5.11 Å². The fourth-order valence-electron chi connectivity index (χ4n) is 2.60. The molecule has 1 aliphatic rings. The van der Waals surface area contributed by atoms with Crippen molar-refractivity contribution in [2.75, 3.05) is 13.7 Å². The van der Waals surface area contributed by atoms with Crippen LogP contribution in [0, 0.1) is 19.8 Å². The van der Waals surface area contributed by atoms with Crippen LogP contribution in [-0.4, -0.2) is 47.3 Å². The molecule has 0 radical (unpaired) electrons. The smallest absolute Gasteiger partial charge is 0.246 e. The first-order valence-electron chi connectivity index (χ1n) is 6.93. The zero-order chi connectivity index (χ0) is 15.1. The van der Waals surface area contributed by atoms with E-state index < -0.39 is 10.0 Å². The van der Waals surface area contributed by atoms with Crippen LogP contribution in [0.4, 0.5) is 0 Å². The van der Waals surface area contributed by atoms with E-state index in [-0.39, 0.29) is 17.5 Å². The second-order valence-electron chi connectivity index (χ2n) is 5.55. The third-order valence-electron chi connectivity index (χ3n) is 4.14. The van der Waals surface area contributed by atoms with E-state index in [9.17, 15) is 8.42 Å². The lowest BCUT2D eigenvalue weighted by Gasteiger charge is -2.24. The van der Waals surface area contributed by atoms with Gasteiger partial charge in [-0.2, -0.15) is 9.40 Å². The van der Waals surface area contributed by atoms with Gasteiger partial charge in [0, 0.05) is 13.1 Å². The SMILES string of the molecule is Cc1nn(CCO)c(C)c1S(=O)(=O)N(C)C(C)C1CC1. The van der Waals surface area contributed by atoms with Crippen LogP contribution >= 0.6 is 0 Å². The molecule has 1 aromatic heterocycles. The number of aromatic nitrogens is 2. The maximum Gasteiger partial charge on any atom is 0.246 e. The standard InChI is InChI=1S/C13H23N3O3S/c1-9-13(11(3)16(14-9)7-8-17)20(18,19)15(4)10(2)12-5-6-12/h10,12,17H,5-8H2,1-4H3. The van der Waals surface area contributed by atoms with E-state index in [1.165, 1.54) is 4.31 Å².